The topological polar surface area (TPSA) is 44.5 Å². The van der Waals surface area contributed by atoms with Gasteiger partial charge in [-0.2, -0.15) is 0 Å². The molecule has 0 aromatic carbocycles. The molecule has 3 N–H and O–H groups in total. The van der Waals surface area contributed by atoms with E-state index < -0.39 is 0 Å². The van der Waals surface area contributed by atoms with Gasteiger partial charge in [0.15, 0.2) is 0 Å². The number of nitrogens with zero attached hydrogens (tertiary/aromatic N) is 2. The first-order valence-corrected chi connectivity index (χ1v) is 7.01. The lowest BCUT2D eigenvalue weighted by molar-refractivity contribution is 0.164. The molecule has 2 aliphatic heterocycles. The summed E-state index contributed by atoms with van der Waals surface area (Å²) in [5.74, 6) is 0.697. The van der Waals surface area contributed by atoms with Gasteiger partial charge in [-0.15, -0.1) is 0 Å². The number of piperazine rings is 1. The van der Waals surface area contributed by atoms with Crippen LogP contribution in [0.4, 0.5) is 0 Å². The second-order valence-corrected chi connectivity index (χ2v) is 5.98. The van der Waals surface area contributed by atoms with Crippen LogP contribution >= 0.6 is 0 Å². The Bertz CT molecular complexity index is 233. The van der Waals surface area contributed by atoms with E-state index in [-0.39, 0.29) is 0 Å². The lowest BCUT2D eigenvalue weighted by atomic mass is 9.87. The average Bonchev–Trinajstić information content (AvgIpc) is 2.29. The van der Waals surface area contributed by atoms with Crippen LogP contribution in [0.5, 0.6) is 0 Å². The highest BCUT2D eigenvalue weighted by atomic mass is 15.2. The van der Waals surface area contributed by atoms with Crippen molar-refractivity contribution in [2.75, 3.05) is 46.8 Å². The molecule has 0 spiro atoms. The Kier molecular flexibility index (Phi) is 4.79. The predicted octanol–water partition coefficient (Wildman–Crippen LogP) is -0.0508. The maximum atomic E-state index is 6.40. The van der Waals surface area contributed by atoms with Gasteiger partial charge in [-0.05, 0) is 45.8 Å². The number of nitrogens with one attached hydrogen (secondary N) is 1. The van der Waals surface area contributed by atoms with Crippen LogP contribution in [-0.2, 0) is 0 Å². The van der Waals surface area contributed by atoms with Gasteiger partial charge in [-0.3, -0.25) is 0 Å². The van der Waals surface area contributed by atoms with E-state index in [9.17, 15) is 0 Å². The second kappa shape index (κ2) is 6.14. The van der Waals surface area contributed by atoms with Crippen molar-refractivity contribution in [1.29, 1.82) is 0 Å². The molecule has 0 saturated carbocycles. The van der Waals surface area contributed by atoms with Crippen molar-refractivity contribution in [3.8, 4) is 0 Å². The van der Waals surface area contributed by atoms with Gasteiger partial charge in [0.1, 0.15) is 0 Å². The SMILES string of the molecule is CN1CCNC(CC(N)C2CCCN(C)C2)C1. The zero-order valence-electron chi connectivity index (χ0n) is 11.4. The fourth-order valence-corrected chi connectivity index (χ4v) is 3.23. The first kappa shape index (κ1) is 13.3. The molecule has 2 saturated heterocycles. The summed E-state index contributed by atoms with van der Waals surface area (Å²) in [6.07, 6.45) is 3.75. The highest BCUT2D eigenvalue weighted by molar-refractivity contribution is 4.86. The van der Waals surface area contributed by atoms with Crippen LogP contribution in [0.15, 0.2) is 0 Å². The third kappa shape index (κ3) is 3.91. The summed E-state index contributed by atoms with van der Waals surface area (Å²) in [4.78, 5) is 4.83. The van der Waals surface area contributed by atoms with Crippen molar-refractivity contribution in [1.82, 2.24) is 15.1 Å². The Labute approximate surface area is 106 Å². The predicted molar refractivity (Wildman–Crippen MR) is 72.1 cm³/mol. The fourth-order valence-electron chi connectivity index (χ4n) is 3.23. The molecule has 3 atom stereocenters. The molecule has 0 amide bonds. The molecule has 2 rings (SSSR count). The van der Waals surface area contributed by atoms with Gasteiger partial charge < -0.3 is 20.9 Å². The van der Waals surface area contributed by atoms with Gasteiger partial charge in [0.05, 0.1) is 0 Å². The molecule has 3 unspecified atom stereocenters. The van der Waals surface area contributed by atoms with Gasteiger partial charge in [-0.1, -0.05) is 0 Å². The maximum Gasteiger partial charge on any atom is 0.0210 e. The largest absolute Gasteiger partial charge is 0.327 e. The summed E-state index contributed by atoms with van der Waals surface area (Å²) in [7, 11) is 4.42. The zero-order valence-corrected chi connectivity index (χ0v) is 11.4. The summed E-state index contributed by atoms with van der Waals surface area (Å²) >= 11 is 0. The van der Waals surface area contributed by atoms with E-state index in [1.54, 1.807) is 0 Å². The van der Waals surface area contributed by atoms with Gasteiger partial charge in [0.25, 0.3) is 0 Å². The van der Waals surface area contributed by atoms with Crippen LogP contribution in [0.3, 0.4) is 0 Å². The fraction of sp³-hybridized carbons (Fsp3) is 1.00. The van der Waals surface area contributed by atoms with Crippen molar-refractivity contribution in [2.45, 2.75) is 31.3 Å². The van der Waals surface area contributed by atoms with E-state index in [0.717, 1.165) is 26.1 Å². The molecule has 0 radical (unpaired) electrons. The minimum absolute atomic E-state index is 0.363. The minimum Gasteiger partial charge on any atom is -0.327 e. The number of likely N-dealkylation sites (tertiary alicyclic amines) is 1. The summed E-state index contributed by atoms with van der Waals surface area (Å²) in [6.45, 7) is 5.85. The Balaban J connectivity index is 1.77. The molecule has 0 aromatic rings. The highest BCUT2D eigenvalue weighted by Gasteiger charge is 2.26. The number of hydrogen-bond donors (Lipinski definition) is 2. The maximum absolute atomic E-state index is 6.40. The van der Waals surface area contributed by atoms with Crippen LogP contribution in [0.2, 0.25) is 0 Å². The zero-order chi connectivity index (χ0) is 12.3. The third-order valence-electron chi connectivity index (χ3n) is 4.28. The minimum atomic E-state index is 0.363. The van der Waals surface area contributed by atoms with E-state index in [0.29, 0.717) is 18.0 Å². The summed E-state index contributed by atoms with van der Waals surface area (Å²) in [6, 6.07) is 0.956. The van der Waals surface area contributed by atoms with E-state index in [4.69, 9.17) is 5.73 Å². The summed E-state index contributed by atoms with van der Waals surface area (Å²) < 4.78 is 0. The number of rotatable bonds is 3. The van der Waals surface area contributed by atoms with Crippen LogP contribution in [0, 0.1) is 5.92 Å². The quantitative estimate of drug-likeness (QED) is 0.726. The first-order chi connectivity index (χ1) is 8.15. The normalized spacial score (nSPS) is 34.8. The average molecular weight is 240 g/mol. The van der Waals surface area contributed by atoms with Crippen molar-refractivity contribution in [3.63, 3.8) is 0 Å². The first-order valence-electron chi connectivity index (χ1n) is 7.01. The van der Waals surface area contributed by atoms with Crippen LogP contribution in [0.1, 0.15) is 19.3 Å². The van der Waals surface area contributed by atoms with Crippen molar-refractivity contribution in [3.05, 3.63) is 0 Å². The smallest absolute Gasteiger partial charge is 0.0210 e. The highest BCUT2D eigenvalue weighted by Crippen LogP contribution is 2.20. The molecule has 0 bridgehead atoms. The van der Waals surface area contributed by atoms with Gasteiger partial charge in [-0.25, -0.2) is 0 Å². The lowest BCUT2D eigenvalue weighted by Crippen LogP contribution is -2.53. The van der Waals surface area contributed by atoms with Crippen molar-refractivity contribution < 1.29 is 0 Å². The van der Waals surface area contributed by atoms with Crippen LogP contribution in [0.25, 0.3) is 0 Å². The van der Waals surface area contributed by atoms with Gasteiger partial charge >= 0.3 is 0 Å². The van der Waals surface area contributed by atoms with Gasteiger partial charge in [0, 0.05) is 38.3 Å². The van der Waals surface area contributed by atoms with Crippen LogP contribution in [-0.4, -0.2) is 68.7 Å². The van der Waals surface area contributed by atoms with Crippen LogP contribution < -0.4 is 11.1 Å². The third-order valence-corrected chi connectivity index (χ3v) is 4.28. The van der Waals surface area contributed by atoms with E-state index >= 15 is 0 Å². The standard InChI is InChI=1S/C13H28N4/c1-16-6-3-4-11(9-16)13(14)8-12-10-17(2)7-5-15-12/h11-13,15H,3-10,14H2,1-2H3. The number of nitrogens with two attached hydrogens (primary N) is 1. The van der Waals surface area contributed by atoms with Gasteiger partial charge in [0.2, 0.25) is 0 Å². The van der Waals surface area contributed by atoms with Crippen molar-refractivity contribution >= 4 is 0 Å². The Morgan fingerprint density at radius 2 is 2.00 bits per heavy atom. The molecule has 0 aromatic heterocycles. The van der Waals surface area contributed by atoms with E-state index in [1.807, 2.05) is 0 Å². The number of hydrogen-bond acceptors (Lipinski definition) is 4. The summed E-state index contributed by atoms with van der Waals surface area (Å²) in [5.41, 5.74) is 6.40. The Morgan fingerprint density at radius 3 is 2.71 bits per heavy atom. The second-order valence-electron chi connectivity index (χ2n) is 5.98. The molecule has 100 valence electrons. The number of piperidine rings is 1. The monoisotopic (exact) mass is 240 g/mol. The molecular weight excluding hydrogens is 212 g/mol. The summed E-state index contributed by atoms with van der Waals surface area (Å²) in [5, 5.41) is 3.60. The molecule has 2 heterocycles. The molecule has 0 aliphatic carbocycles. The van der Waals surface area contributed by atoms with E-state index in [1.165, 1.54) is 25.9 Å². The molecular formula is C13H28N4. The Hall–Kier alpha value is -0.160. The van der Waals surface area contributed by atoms with Crippen molar-refractivity contribution in [2.24, 2.45) is 11.7 Å². The molecule has 2 fully saturated rings. The Morgan fingerprint density at radius 1 is 1.24 bits per heavy atom. The lowest BCUT2D eigenvalue weighted by Gasteiger charge is -2.37. The molecule has 2 aliphatic rings. The van der Waals surface area contributed by atoms with E-state index in [2.05, 4.69) is 29.2 Å². The molecule has 4 nitrogen and oxygen atoms in total. The molecule has 4 heteroatoms. The number of likely N-dealkylation sites (N-methyl/N-ethyl adjacent to an activating group) is 1. The molecule has 17 heavy (non-hydrogen) atoms.